The smallest absolute Gasteiger partial charge is 0.243 e. The van der Waals surface area contributed by atoms with Crippen molar-refractivity contribution in [2.75, 3.05) is 13.1 Å². The Bertz CT molecular complexity index is 646. The summed E-state index contributed by atoms with van der Waals surface area (Å²) in [6.07, 6.45) is 0.415. The van der Waals surface area contributed by atoms with Crippen molar-refractivity contribution in [3.8, 4) is 0 Å². The summed E-state index contributed by atoms with van der Waals surface area (Å²) < 4.78 is 26.4. The Morgan fingerprint density at radius 3 is 2.60 bits per heavy atom. The predicted octanol–water partition coefficient (Wildman–Crippen LogP) is 2.85. The average Bonchev–Trinajstić information content (AvgIpc) is 2.41. The van der Waals surface area contributed by atoms with E-state index in [0.717, 1.165) is 0 Å². The van der Waals surface area contributed by atoms with Gasteiger partial charge >= 0.3 is 0 Å². The molecule has 1 N–H and O–H groups in total. The highest BCUT2D eigenvalue weighted by Gasteiger charge is 2.32. The van der Waals surface area contributed by atoms with Gasteiger partial charge in [-0.2, -0.15) is 4.31 Å². The van der Waals surface area contributed by atoms with Gasteiger partial charge in [0.15, 0.2) is 0 Å². The zero-order chi connectivity index (χ0) is 14.9. The second-order valence-corrected chi connectivity index (χ2v) is 7.43. The maximum absolute atomic E-state index is 12.5. The standard InChI is InChI=1S/C12H14Cl2N2O3S/c1-8-7-16(5-4-12(8)15-17)20(18,19)9-2-3-10(13)11(14)6-9/h2-3,6,8,17H,4-5,7H2,1H3/b15-12+. The van der Waals surface area contributed by atoms with E-state index in [1.807, 2.05) is 6.92 Å². The molecule has 1 aliphatic heterocycles. The highest BCUT2D eigenvalue weighted by atomic mass is 35.5. The minimum atomic E-state index is -3.61. The lowest BCUT2D eigenvalue weighted by Crippen LogP contribution is -2.43. The summed E-state index contributed by atoms with van der Waals surface area (Å²) in [5.41, 5.74) is 0.616. The highest BCUT2D eigenvalue weighted by Crippen LogP contribution is 2.28. The topological polar surface area (TPSA) is 70.0 Å². The number of rotatable bonds is 2. The van der Waals surface area contributed by atoms with Crippen LogP contribution in [0.3, 0.4) is 0 Å². The molecule has 8 heteroatoms. The molecular weight excluding hydrogens is 323 g/mol. The summed E-state index contributed by atoms with van der Waals surface area (Å²) in [5, 5.41) is 12.5. The summed E-state index contributed by atoms with van der Waals surface area (Å²) in [6.45, 7) is 2.39. The molecule has 2 rings (SSSR count). The van der Waals surface area contributed by atoms with Crippen LogP contribution in [-0.2, 0) is 10.0 Å². The Hall–Kier alpha value is -0.820. The number of hydrogen-bond donors (Lipinski definition) is 1. The van der Waals surface area contributed by atoms with E-state index in [0.29, 0.717) is 17.2 Å². The third kappa shape index (κ3) is 2.93. The number of benzene rings is 1. The van der Waals surface area contributed by atoms with Gasteiger partial charge in [0.2, 0.25) is 10.0 Å². The van der Waals surface area contributed by atoms with Crippen LogP contribution in [0.4, 0.5) is 0 Å². The van der Waals surface area contributed by atoms with Crippen molar-refractivity contribution in [2.45, 2.75) is 18.2 Å². The van der Waals surface area contributed by atoms with Gasteiger partial charge in [0.25, 0.3) is 0 Å². The summed E-state index contributed by atoms with van der Waals surface area (Å²) >= 11 is 11.7. The van der Waals surface area contributed by atoms with Crippen LogP contribution < -0.4 is 0 Å². The molecule has 5 nitrogen and oxygen atoms in total. The number of halogens is 2. The highest BCUT2D eigenvalue weighted by molar-refractivity contribution is 7.89. The van der Waals surface area contributed by atoms with Crippen LogP contribution >= 0.6 is 23.2 Å². The lowest BCUT2D eigenvalue weighted by molar-refractivity contribution is 0.300. The van der Waals surface area contributed by atoms with Crippen LogP contribution in [0, 0.1) is 5.92 Å². The second-order valence-electron chi connectivity index (χ2n) is 4.68. The van der Waals surface area contributed by atoms with Crippen molar-refractivity contribution < 1.29 is 13.6 Å². The van der Waals surface area contributed by atoms with E-state index in [2.05, 4.69) is 5.16 Å². The fourth-order valence-electron chi connectivity index (χ4n) is 2.14. The van der Waals surface area contributed by atoms with Crippen molar-refractivity contribution >= 4 is 38.9 Å². The maximum Gasteiger partial charge on any atom is 0.243 e. The normalized spacial score (nSPS) is 23.1. The monoisotopic (exact) mass is 336 g/mol. The molecule has 0 aliphatic carbocycles. The molecule has 0 bridgehead atoms. The zero-order valence-corrected chi connectivity index (χ0v) is 13.1. The van der Waals surface area contributed by atoms with Crippen molar-refractivity contribution in [3.05, 3.63) is 28.2 Å². The van der Waals surface area contributed by atoms with E-state index in [1.54, 1.807) is 0 Å². The quantitative estimate of drug-likeness (QED) is 0.666. The lowest BCUT2D eigenvalue weighted by atomic mass is 10.00. The Kier molecular flexibility index (Phi) is 4.59. The second kappa shape index (κ2) is 5.89. The molecule has 1 saturated heterocycles. The lowest BCUT2D eigenvalue weighted by Gasteiger charge is -2.30. The molecule has 0 amide bonds. The Balaban J connectivity index is 2.29. The first-order valence-corrected chi connectivity index (χ1v) is 8.22. The van der Waals surface area contributed by atoms with Crippen LogP contribution in [0.2, 0.25) is 10.0 Å². The van der Waals surface area contributed by atoms with Gasteiger partial charge < -0.3 is 5.21 Å². The average molecular weight is 337 g/mol. The van der Waals surface area contributed by atoms with Gasteiger partial charge in [-0.25, -0.2) is 8.42 Å². The first-order valence-electron chi connectivity index (χ1n) is 6.02. The molecule has 1 atom stereocenters. The van der Waals surface area contributed by atoms with Crippen LogP contribution in [-0.4, -0.2) is 36.7 Å². The molecule has 1 aliphatic rings. The summed E-state index contributed by atoms with van der Waals surface area (Å²) in [6, 6.07) is 4.24. The Morgan fingerprint density at radius 2 is 2.05 bits per heavy atom. The molecule has 0 radical (unpaired) electrons. The molecule has 20 heavy (non-hydrogen) atoms. The largest absolute Gasteiger partial charge is 0.411 e. The molecule has 110 valence electrons. The van der Waals surface area contributed by atoms with Crippen LogP contribution in [0.1, 0.15) is 13.3 Å². The van der Waals surface area contributed by atoms with E-state index in [1.165, 1.54) is 22.5 Å². The summed E-state index contributed by atoms with van der Waals surface area (Å²) in [5.74, 6) is -0.119. The molecule has 1 aromatic rings. The molecule has 0 aromatic heterocycles. The van der Waals surface area contributed by atoms with Crippen molar-refractivity contribution in [1.82, 2.24) is 4.31 Å². The third-order valence-electron chi connectivity index (χ3n) is 3.32. The summed E-state index contributed by atoms with van der Waals surface area (Å²) in [4.78, 5) is 0.114. The van der Waals surface area contributed by atoms with E-state index < -0.39 is 10.0 Å². The SMILES string of the molecule is CC1CN(S(=O)(=O)c2ccc(Cl)c(Cl)c2)CC/C1=N\O. The molecule has 1 unspecified atom stereocenters. The number of sulfonamides is 1. The van der Waals surface area contributed by atoms with Crippen LogP contribution in [0.15, 0.2) is 28.3 Å². The maximum atomic E-state index is 12.5. The van der Waals surface area contributed by atoms with Gasteiger partial charge in [-0.15, -0.1) is 0 Å². The van der Waals surface area contributed by atoms with Gasteiger partial charge in [-0.05, 0) is 18.2 Å². The fourth-order valence-corrected chi connectivity index (χ4v) is 4.06. The minimum Gasteiger partial charge on any atom is -0.411 e. The predicted molar refractivity (Wildman–Crippen MR) is 78.2 cm³/mol. The fraction of sp³-hybridized carbons (Fsp3) is 0.417. The van der Waals surface area contributed by atoms with Crippen molar-refractivity contribution in [3.63, 3.8) is 0 Å². The molecular formula is C12H14Cl2N2O3S. The van der Waals surface area contributed by atoms with Gasteiger partial charge in [-0.3, -0.25) is 0 Å². The van der Waals surface area contributed by atoms with Crippen LogP contribution in [0.5, 0.6) is 0 Å². The first kappa shape index (κ1) is 15.6. The van der Waals surface area contributed by atoms with Crippen molar-refractivity contribution in [1.29, 1.82) is 0 Å². The minimum absolute atomic E-state index is 0.114. The Labute approximate surface area is 127 Å². The van der Waals surface area contributed by atoms with E-state index in [9.17, 15) is 8.42 Å². The van der Waals surface area contributed by atoms with Crippen molar-refractivity contribution in [2.24, 2.45) is 11.1 Å². The van der Waals surface area contributed by atoms with E-state index in [-0.39, 0.29) is 28.9 Å². The zero-order valence-electron chi connectivity index (χ0n) is 10.8. The van der Waals surface area contributed by atoms with Gasteiger partial charge in [0, 0.05) is 25.4 Å². The first-order chi connectivity index (χ1) is 9.36. The number of hydrogen-bond acceptors (Lipinski definition) is 4. The Morgan fingerprint density at radius 1 is 1.35 bits per heavy atom. The van der Waals surface area contributed by atoms with Gasteiger partial charge in [0.05, 0.1) is 20.7 Å². The number of oxime groups is 1. The van der Waals surface area contributed by atoms with Gasteiger partial charge in [-0.1, -0.05) is 35.3 Å². The number of nitrogens with zero attached hydrogens (tertiary/aromatic N) is 2. The van der Waals surface area contributed by atoms with E-state index >= 15 is 0 Å². The molecule has 1 heterocycles. The third-order valence-corrected chi connectivity index (χ3v) is 5.92. The molecule has 0 saturated carbocycles. The van der Waals surface area contributed by atoms with Crippen LogP contribution in [0.25, 0.3) is 0 Å². The molecule has 0 spiro atoms. The van der Waals surface area contributed by atoms with E-state index in [4.69, 9.17) is 28.4 Å². The number of piperidine rings is 1. The molecule has 1 aromatic carbocycles. The van der Waals surface area contributed by atoms with Gasteiger partial charge in [0.1, 0.15) is 0 Å². The summed E-state index contributed by atoms with van der Waals surface area (Å²) in [7, 11) is -3.61. The molecule has 1 fully saturated rings.